The highest BCUT2D eigenvalue weighted by Crippen LogP contribution is 2.26. The zero-order valence-corrected chi connectivity index (χ0v) is 15.9. The van der Waals surface area contributed by atoms with E-state index in [1.165, 1.54) is 11.3 Å². The quantitative estimate of drug-likeness (QED) is 0.511. The van der Waals surface area contributed by atoms with Crippen molar-refractivity contribution in [3.05, 3.63) is 56.7 Å². The van der Waals surface area contributed by atoms with Crippen molar-refractivity contribution >= 4 is 44.9 Å². The van der Waals surface area contributed by atoms with Crippen LogP contribution in [0.1, 0.15) is 28.7 Å². The van der Waals surface area contributed by atoms with E-state index >= 15 is 0 Å². The Labute approximate surface area is 161 Å². The van der Waals surface area contributed by atoms with Gasteiger partial charge in [0.2, 0.25) is 0 Å². The zero-order chi connectivity index (χ0) is 18.8. The molecule has 4 rings (SSSR count). The lowest BCUT2D eigenvalue weighted by atomic mass is 10.1. The third-order valence-electron chi connectivity index (χ3n) is 3.89. The van der Waals surface area contributed by atoms with Crippen molar-refractivity contribution in [1.29, 1.82) is 0 Å². The van der Waals surface area contributed by atoms with Crippen molar-refractivity contribution in [3.63, 3.8) is 0 Å². The predicted octanol–water partition coefficient (Wildman–Crippen LogP) is 3.97. The van der Waals surface area contributed by atoms with Gasteiger partial charge in [-0.1, -0.05) is 36.0 Å². The third kappa shape index (κ3) is 3.51. The van der Waals surface area contributed by atoms with Gasteiger partial charge in [0.05, 0.1) is 17.0 Å². The number of fused-ring (bicyclic) bond motifs is 1. The van der Waals surface area contributed by atoms with Crippen molar-refractivity contribution in [2.24, 2.45) is 0 Å². The van der Waals surface area contributed by atoms with Crippen LogP contribution < -0.4 is 10.9 Å². The molecular formula is C18H14N4O3S2. The number of thiazole rings is 1. The molecule has 0 aliphatic rings. The maximum atomic E-state index is 12.5. The number of amides is 1. The van der Waals surface area contributed by atoms with E-state index in [9.17, 15) is 9.59 Å². The second-order valence-corrected chi connectivity index (χ2v) is 7.39. The summed E-state index contributed by atoms with van der Waals surface area (Å²) >= 11 is 2.31. The molecule has 27 heavy (non-hydrogen) atoms. The van der Waals surface area contributed by atoms with E-state index in [1.807, 2.05) is 25.1 Å². The first kappa shape index (κ1) is 17.5. The number of aromatic nitrogens is 3. The summed E-state index contributed by atoms with van der Waals surface area (Å²) in [4.78, 5) is 29.6. The fourth-order valence-electron chi connectivity index (χ4n) is 2.63. The van der Waals surface area contributed by atoms with Gasteiger partial charge in [0.15, 0.2) is 5.13 Å². The van der Waals surface area contributed by atoms with Crippen LogP contribution in [0.2, 0.25) is 0 Å². The number of para-hydroxylation sites is 1. The van der Waals surface area contributed by atoms with E-state index in [1.54, 1.807) is 17.5 Å². The number of anilines is 1. The molecule has 136 valence electrons. The fraction of sp³-hybridized carbons (Fsp3) is 0.167. The summed E-state index contributed by atoms with van der Waals surface area (Å²) in [5.41, 5.74) is 1.57. The minimum atomic E-state index is -0.464. The average molecular weight is 398 g/mol. The van der Waals surface area contributed by atoms with Crippen LogP contribution in [-0.2, 0) is 6.42 Å². The largest absolute Gasteiger partial charge is 0.422 e. The van der Waals surface area contributed by atoms with Gasteiger partial charge in [0, 0.05) is 10.8 Å². The summed E-state index contributed by atoms with van der Waals surface area (Å²) in [7, 11) is 0. The smallest absolute Gasteiger partial charge is 0.345 e. The van der Waals surface area contributed by atoms with Gasteiger partial charge in [-0.2, -0.15) is 0 Å². The number of nitrogens with one attached hydrogen (secondary N) is 1. The first-order valence-corrected chi connectivity index (χ1v) is 9.92. The van der Waals surface area contributed by atoms with Crippen LogP contribution in [0.25, 0.3) is 22.2 Å². The molecule has 0 aliphatic carbocycles. The van der Waals surface area contributed by atoms with E-state index in [0.29, 0.717) is 39.0 Å². The molecule has 0 aliphatic heterocycles. The Morgan fingerprint density at radius 1 is 1.30 bits per heavy atom. The molecule has 0 atom stereocenters. The lowest BCUT2D eigenvalue weighted by Crippen LogP contribution is -2.12. The van der Waals surface area contributed by atoms with Gasteiger partial charge < -0.3 is 4.42 Å². The van der Waals surface area contributed by atoms with Crippen molar-refractivity contribution in [3.8, 4) is 11.3 Å². The Morgan fingerprint density at radius 2 is 2.15 bits per heavy atom. The number of carbonyl (C=O) groups excluding carboxylic acids is 1. The summed E-state index contributed by atoms with van der Waals surface area (Å²) in [6.07, 6.45) is 1.57. The van der Waals surface area contributed by atoms with E-state index in [2.05, 4.69) is 19.9 Å². The topological polar surface area (TPSA) is 98.0 Å². The molecule has 9 heteroatoms. The third-order valence-corrected chi connectivity index (χ3v) is 5.42. The molecule has 0 saturated carbocycles. The zero-order valence-electron chi connectivity index (χ0n) is 14.3. The van der Waals surface area contributed by atoms with Crippen molar-refractivity contribution in [2.45, 2.75) is 19.8 Å². The highest BCUT2D eigenvalue weighted by atomic mass is 32.1. The molecule has 7 nitrogen and oxygen atoms in total. The SMILES string of the molecule is CCCc1nnsc1C(=O)Nc1nc(-c2cc3ccccc3oc2=O)cs1. The minimum absolute atomic E-state index is 0.292. The van der Waals surface area contributed by atoms with Crippen LogP contribution in [0.4, 0.5) is 5.13 Å². The van der Waals surface area contributed by atoms with Crippen molar-refractivity contribution < 1.29 is 9.21 Å². The number of hydrogen-bond acceptors (Lipinski definition) is 8. The molecule has 0 bridgehead atoms. The highest BCUT2D eigenvalue weighted by molar-refractivity contribution is 7.14. The molecular weight excluding hydrogens is 384 g/mol. The molecule has 1 N–H and O–H groups in total. The van der Waals surface area contributed by atoms with E-state index < -0.39 is 5.63 Å². The number of benzene rings is 1. The predicted molar refractivity (Wildman–Crippen MR) is 105 cm³/mol. The van der Waals surface area contributed by atoms with Crippen LogP contribution in [-0.4, -0.2) is 20.5 Å². The summed E-state index contributed by atoms with van der Waals surface area (Å²) in [5.74, 6) is -0.292. The van der Waals surface area contributed by atoms with Gasteiger partial charge in [0.25, 0.3) is 5.91 Å². The summed E-state index contributed by atoms with van der Waals surface area (Å²) in [6.45, 7) is 2.02. The van der Waals surface area contributed by atoms with Gasteiger partial charge in [-0.05, 0) is 30.1 Å². The molecule has 1 aromatic carbocycles. The van der Waals surface area contributed by atoms with Crippen molar-refractivity contribution in [1.82, 2.24) is 14.6 Å². The molecule has 0 spiro atoms. The van der Waals surface area contributed by atoms with Crippen LogP contribution in [0.3, 0.4) is 0 Å². The first-order valence-electron chi connectivity index (χ1n) is 8.27. The molecule has 3 aromatic heterocycles. The first-order chi connectivity index (χ1) is 13.2. The number of rotatable bonds is 5. The van der Waals surface area contributed by atoms with Gasteiger partial charge in [-0.25, -0.2) is 9.78 Å². The average Bonchev–Trinajstić information content (AvgIpc) is 3.31. The molecule has 0 fully saturated rings. The molecule has 3 heterocycles. The minimum Gasteiger partial charge on any atom is -0.422 e. The number of aryl methyl sites for hydroxylation is 1. The van der Waals surface area contributed by atoms with Gasteiger partial charge >= 0.3 is 5.63 Å². The Kier molecular flexibility index (Phi) is 4.78. The Hall–Kier alpha value is -2.91. The summed E-state index contributed by atoms with van der Waals surface area (Å²) in [6, 6.07) is 9.03. The van der Waals surface area contributed by atoms with E-state index in [4.69, 9.17) is 4.42 Å². The molecule has 0 saturated heterocycles. The monoisotopic (exact) mass is 398 g/mol. The van der Waals surface area contributed by atoms with E-state index in [-0.39, 0.29) is 5.91 Å². The maximum Gasteiger partial charge on any atom is 0.345 e. The number of hydrogen-bond donors (Lipinski definition) is 1. The molecule has 0 radical (unpaired) electrons. The van der Waals surface area contributed by atoms with Crippen molar-refractivity contribution in [2.75, 3.05) is 5.32 Å². The van der Waals surface area contributed by atoms with Crippen LogP contribution in [0.15, 0.2) is 44.9 Å². The lowest BCUT2D eigenvalue weighted by molar-refractivity contribution is 0.102. The molecule has 4 aromatic rings. The van der Waals surface area contributed by atoms with Crippen LogP contribution in [0.5, 0.6) is 0 Å². The summed E-state index contributed by atoms with van der Waals surface area (Å²) < 4.78 is 9.20. The highest BCUT2D eigenvalue weighted by Gasteiger charge is 2.18. The normalized spacial score (nSPS) is 11.0. The number of nitrogens with zero attached hydrogens (tertiary/aromatic N) is 3. The van der Waals surface area contributed by atoms with Gasteiger partial charge in [-0.15, -0.1) is 16.4 Å². The van der Waals surface area contributed by atoms with Crippen LogP contribution in [0, 0.1) is 0 Å². The molecule has 1 amide bonds. The second-order valence-electron chi connectivity index (χ2n) is 5.78. The van der Waals surface area contributed by atoms with Gasteiger partial charge in [-0.3, -0.25) is 10.1 Å². The summed E-state index contributed by atoms with van der Waals surface area (Å²) in [5, 5.41) is 9.68. The maximum absolute atomic E-state index is 12.5. The Morgan fingerprint density at radius 3 is 3.00 bits per heavy atom. The standard InChI is InChI=1S/C18H14N4O3S2/c1-2-5-12-15(27-22-21-12)16(23)20-18-19-13(9-26-18)11-8-10-6-3-4-7-14(10)25-17(11)24/h3-4,6-9H,2,5H2,1H3,(H,19,20,23). The Bertz CT molecular complexity index is 1180. The lowest BCUT2D eigenvalue weighted by Gasteiger charge is -2.01. The van der Waals surface area contributed by atoms with Gasteiger partial charge in [0.1, 0.15) is 10.5 Å². The van der Waals surface area contributed by atoms with Crippen LogP contribution >= 0.6 is 22.9 Å². The molecule has 0 unspecified atom stereocenters. The van der Waals surface area contributed by atoms with E-state index in [0.717, 1.165) is 23.3 Å². The Balaban J connectivity index is 1.60. The fourth-order valence-corrected chi connectivity index (χ4v) is 3.94. The second kappa shape index (κ2) is 7.37. The number of carbonyl (C=O) groups is 1.